The molecule has 1 atom stereocenters. The highest BCUT2D eigenvalue weighted by Gasteiger charge is 2.07. The van der Waals surface area contributed by atoms with Crippen LogP contribution in [0, 0.1) is 0 Å². The second-order valence-electron chi connectivity index (χ2n) is 5.79. The largest absolute Gasteiger partial charge is 0.316 e. The summed E-state index contributed by atoms with van der Waals surface area (Å²) >= 11 is 0. The Morgan fingerprint density at radius 2 is 1.65 bits per heavy atom. The number of benzene rings is 2. The topological polar surface area (TPSA) is 72.2 Å². The van der Waals surface area contributed by atoms with Crippen molar-refractivity contribution in [1.29, 1.82) is 0 Å². The van der Waals surface area contributed by atoms with Crippen LogP contribution >= 0.6 is 0 Å². The van der Waals surface area contributed by atoms with Gasteiger partial charge in [0, 0.05) is 0 Å². The lowest BCUT2D eigenvalue weighted by atomic mass is 9.98. The Morgan fingerprint density at radius 3 is 2.26 bits per heavy atom. The van der Waals surface area contributed by atoms with Gasteiger partial charge in [0.15, 0.2) is 0 Å². The number of hydrogen-bond acceptors (Lipinski definition) is 3. The van der Waals surface area contributed by atoms with Crippen molar-refractivity contribution in [2.45, 2.75) is 30.6 Å². The van der Waals surface area contributed by atoms with Crippen molar-refractivity contribution in [2.24, 2.45) is 5.14 Å². The number of primary sulfonamides is 1. The van der Waals surface area contributed by atoms with Gasteiger partial charge in [-0.3, -0.25) is 0 Å². The van der Waals surface area contributed by atoms with Gasteiger partial charge in [-0.1, -0.05) is 49.4 Å². The van der Waals surface area contributed by atoms with Gasteiger partial charge in [-0.25, -0.2) is 13.6 Å². The summed E-state index contributed by atoms with van der Waals surface area (Å²) in [6, 6.07) is 17.3. The van der Waals surface area contributed by atoms with Crippen molar-refractivity contribution < 1.29 is 8.42 Å². The minimum Gasteiger partial charge on any atom is -0.316 e. The zero-order chi connectivity index (χ0) is 16.7. The molecule has 4 nitrogen and oxygen atoms in total. The van der Waals surface area contributed by atoms with Crippen molar-refractivity contribution in [3.8, 4) is 0 Å². The van der Waals surface area contributed by atoms with E-state index in [2.05, 4.69) is 36.5 Å². The number of nitrogens with two attached hydrogens (primary N) is 1. The van der Waals surface area contributed by atoms with Gasteiger partial charge in [0.2, 0.25) is 10.0 Å². The highest BCUT2D eigenvalue weighted by molar-refractivity contribution is 7.89. The standard InChI is InChI=1S/C18H24N2O2S/c1-15(17-5-3-2-4-6-17)11-13-20-14-12-16-7-9-18(10-8-16)23(19,21)22/h2-10,15,20H,11-14H2,1H3,(H2,19,21,22). The Kier molecular flexibility index (Phi) is 6.33. The summed E-state index contributed by atoms with van der Waals surface area (Å²) in [5.41, 5.74) is 2.47. The lowest BCUT2D eigenvalue weighted by Gasteiger charge is -2.12. The number of nitrogens with one attached hydrogen (secondary N) is 1. The van der Waals surface area contributed by atoms with Crippen LogP contribution in [-0.4, -0.2) is 21.5 Å². The van der Waals surface area contributed by atoms with E-state index in [0.29, 0.717) is 5.92 Å². The normalized spacial score (nSPS) is 13.0. The van der Waals surface area contributed by atoms with Crippen molar-refractivity contribution in [3.63, 3.8) is 0 Å². The van der Waals surface area contributed by atoms with Crippen LogP contribution in [0.1, 0.15) is 30.4 Å². The van der Waals surface area contributed by atoms with E-state index in [0.717, 1.165) is 31.5 Å². The van der Waals surface area contributed by atoms with Crippen LogP contribution in [0.3, 0.4) is 0 Å². The summed E-state index contributed by atoms with van der Waals surface area (Å²) < 4.78 is 22.4. The van der Waals surface area contributed by atoms with E-state index in [4.69, 9.17) is 5.14 Å². The Bertz CT molecular complexity index is 698. The molecule has 0 aliphatic heterocycles. The van der Waals surface area contributed by atoms with Crippen LogP contribution in [0.25, 0.3) is 0 Å². The minimum absolute atomic E-state index is 0.158. The second kappa shape index (κ2) is 8.24. The molecule has 2 rings (SSSR count). The summed E-state index contributed by atoms with van der Waals surface area (Å²) in [6.45, 7) is 4.07. The molecule has 0 heterocycles. The molecular weight excluding hydrogens is 308 g/mol. The summed E-state index contributed by atoms with van der Waals surface area (Å²) in [7, 11) is -3.60. The maximum Gasteiger partial charge on any atom is 0.238 e. The summed E-state index contributed by atoms with van der Waals surface area (Å²) in [6.07, 6.45) is 1.96. The molecular formula is C18H24N2O2S. The second-order valence-corrected chi connectivity index (χ2v) is 7.35. The van der Waals surface area contributed by atoms with Gasteiger partial charge in [0.05, 0.1) is 4.90 Å². The zero-order valence-electron chi connectivity index (χ0n) is 13.4. The molecule has 0 saturated heterocycles. The fourth-order valence-electron chi connectivity index (χ4n) is 2.47. The predicted molar refractivity (Wildman–Crippen MR) is 93.9 cm³/mol. The zero-order valence-corrected chi connectivity index (χ0v) is 14.2. The maximum atomic E-state index is 11.2. The SMILES string of the molecule is CC(CCNCCc1ccc(S(N)(=O)=O)cc1)c1ccccc1. The lowest BCUT2D eigenvalue weighted by molar-refractivity contribution is 0.594. The molecule has 0 bridgehead atoms. The lowest BCUT2D eigenvalue weighted by Crippen LogP contribution is -2.20. The van der Waals surface area contributed by atoms with Crippen LogP contribution in [0.15, 0.2) is 59.5 Å². The third-order valence-corrected chi connectivity index (χ3v) is 4.89. The fraction of sp³-hybridized carbons (Fsp3) is 0.333. The van der Waals surface area contributed by atoms with Gasteiger partial charge < -0.3 is 5.32 Å². The van der Waals surface area contributed by atoms with Gasteiger partial charge in [-0.15, -0.1) is 0 Å². The monoisotopic (exact) mass is 332 g/mol. The molecule has 0 radical (unpaired) electrons. The summed E-state index contributed by atoms with van der Waals surface area (Å²) in [5, 5.41) is 8.52. The van der Waals surface area contributed by atoms with Crippen LogP contribution < -0.4 is 10.5 Å². The van der Waals surface area contributed by atoms with Crippen molar-refractivity contribution >= 4 is 10.0 Å². The highest BCUT2D eigenvalue weighted by Crippen LogP contribution is 2.17. The molecule has 0 amide bonds. The molecule has 0 fully saturated rings. The Hall–Kier alpha value is -1.69. The first-order valence-corrected chi connectivity index (χ1v) is 9.39. The molecule has 5 heteroatoms. The van der Waals surface area contributed by atoms with Crippen molar-refractivity contribution in [1.82, 2.24) is 5.32 Å². The summed E-state index contributed by atoms with van der Waals surface area (Å²) in [4.78, 5) is 0.158. The van der Waals surface area contributed by atoms with E-state index in [1.54, 1.807) is 12.1 Å². The van der Waals surface area contributed by atoms with E-state index in [1.165, 1.54) is 5.56 Å². The van der Waals surface area contributed by atoms with Gasteiger partial charge in [0.1, 0.15) is 0 Å². The van der Waals surface area contributed by atoms with Crippen LogP contribution in [-0.2, 0) is 16.4 Å². The minimum atomic E-state index is -3.60. The smallest absolute Gasteiger partial charge is 0.238 e. The van der Waals surface area contributed by atoms with E-state index in [1.807, 2.05) is 18.2 Å². The molecule has 0 aliphatic carbocycles. The van der Waals surface area contributed by atoms with Gasteiger partial charge >= 0.3 is 0 Å². The molecule has 0 spiro atoms. The third-order valence-electron chi connectivity index (χ3n) is 3.97. The first-order chi connectivity index (χ1) is 11.0. The van der Waals surface area contributed by atoms with E-state index in [9.17, 15) is 8.42 Å². The quantitative estimate of drug-likeness (QED) is 0.730. The maximum absolute atomic E-state index is 11.2. The molecule has 2 aromatic rings. The van der Waals surface area contributed by atoms with Crippen LogP contribution in [0.4, 0.5) is 0 Å². The predicted octanol–water partition coefficient (Wildman–Crippen LogP) is 2.66. The average molecular weight is 332 g/mol. The van der Waals surface area contributed by atoms with Crippen molar-refractivity contribution in [3.05, 3.63) is 65.7 Å². The molecule has 3 N–H and O–H groups in total. The fourth-order valence-corrected chi connectivity index (χ4v) is 2.99. The third kappa shape index (κ3) is 5.78. The molecule has 0 aliphatic rings. The van der Waals surface area contributed by atoms with Crippen molar-refractivity contribution in [2.75, 3.05) is 13.1 Å². The van der Waals surface area contributed by atoms with Crippen LogP contribution in [0.5, 0.6) is 0 Å². The first-order valence-electron chi connectivity index (χ1n) is 7.84. The Balaban J connectivity index is 1.69. The molecule has 0 aromatic heterocycles. The van der Waals surface area contributed by atoms with Gasteiger partial charge in [-0.05, 0) is 55.1 Å². The average Bonchev–Trinajstić information content (AvgIpc) is 2.55. The number of hydrogen-bond donors (Lipinski definition) is 2. The van der Waals surface area contributed by atoms with Gasteiger partial charge in [-0.2, -0.15) is 0 Å². The molecule has 0 saturated carbocycles. The molecule has 2 aromatic carbocycles. The summed E-state index contributed by atoms with van der Waals surface area (Å²) in [5.74, 6) is 0.540. The Morgan fingerprint density at radius 1 is 1.00 bits per heavy atom. The number of sulfonamides is 1. The highest BCUT2D eigenvalue weighted by atomic mass is 32.2. The van der Waals surface area contributed by atoms with E-state index < -0.39 is 10.0 Å². The molecule has 23 heavy (non-hydrogen) atoms. The van der Waals surface area contributed by atoms with Gasteiger partial charge in [0.25, 0.3) is 0 Å². The van der Waals surface area contributed by atoms with E-state index in [-0.39, 0.29) is 4.90 Å². The Labute approximate surface area is 138 Å². The van der Waals surface area contributed by atoms with Crippen LogP contribution in [0.2, 0.25) is 0 Å². The first kappa shape index (κ1) is 17.7. The number of rotatable bonds is 8. The molecule has 1 unspecified atom stereocenters. The molecule has 124 valence electrons. The van der Waals surface area contributed by atoms with E-state index >= 15 is 0 Å².